The molecule has 0 aliphatic carbocycles. The van der Waals surface area contributed by atoms with Gasteiger partial charge < -0.3 is 10.2 Å². The average Bonchev–Trinajstić information content (AvgIpc) is 2.47. The van der Waals surface area contributed by atoms with E-state index >= 15 is 0 Å². The Kier molecular flexibility index (Phi) is 5.28. The number of hydrogen-bond acceptors (Lipinski definition) is 3. The number of benzene rings is 1. The highest BCUT2D eigenvalue weighted by molar-refractivity contribution is 8.04. The first kappa shape index (κ1) is 16.4. The van der Waals surface area contributed by atoms with Crippen molar-refractivity contribution in [3.8, 4) is 0 Å². The van der Waals surface area contributed by atoms with Gasteiger partial charge in [-0.2, -0.15) is 0 Å². The summed E-state index contributed by atoms with van der Waals surface area (Å²) in [5.74, 6) is -0.313. The molecule has 1 saturated heterocycles. The van der Waals surface area contributed by atoms with Crippen LogP contribution in [0.1, 0.15) is 32.1 Å². The summed E-state index contributed by atoms with van der Waals surface area (Å²) in [6.07, 6.45) is 7.14. The van der Waals surface area contributed by atoms with Crippen LogP contribution in [0.2, 0.25) is 5.02 Å². The van der Waals surface area contributed by atoms with Crippen LogP contribution in [-0.4, -0.2) is 29.8 Å². The number of fused-ring (bicyclic) bond motifs is 1. The molecule has 1 fully saturated rings. The van der Waals surface area contributed by atoms with Crippen molar-refractivity contribution in [2.24, 2.45) is 0 Å². The summed E-state index contributed by atoms with van der Waals surface area (Å²) >= 11 is 7.26. The van der Waals surface area contributed by atoms with Gasteiger partial charge in [-0.05, 0) is 31.0 Å². The number of carbonyl (C=O) groups excluding carboxylic acids is 2. The number of hydrogen-bond donors (Lipinski definition) is 1. The van der Waals surface area contributed by atoms with Crippen molar-refractivity contribution in [3.63, 3.8) is 0 Å². The Morgan fingerprint density at radius 1 is 1.17 bits per heavy atom. The molecule has 0 atom stereocenters. The SMILES string of the molecule is O=C1Nc2cc(Cl)ccc2S/C1=C/C(=O)N1CCCCCCC1. The number of nitrogens with zero attached hydrogens (tertiary/aromatic N) is 1. The molecule has 122 valence electrons. The molecule has 2 amide bonds. The van der Waals surface area contributed by atoms with E-state index in [1.807, 2.05) is 11.0 Å². The Balaban J connectivity index is 1.75. The van der Waals surface area contributed by atoms with Gasteiger partial charge in [0.2, 0.25) is 5.91 Å². The maximum atomic E-state index is 12.5. The van der Waals surface area contributed by atoms with Crippen LogP contribution in [0, 0.1) is 0 Å². The second-order valence-corrected chi connectivity index (χ2v) is 7.32. The molecule has 0 aromatic heterocycles. The van der Waals surface area contributed by atoms with E-state index in [1.54, 1.807) is 12.1 Å². The summed E-state index contributed by atoms with van der Waals surface area (Å²) in [6, 6.07) is 5.36. The van der Waals surface area contributed by atoms with Gasteiger partial charge >= 0.3 is 0 Å². The maximum absolute atomic E-state index is 12.5. The van der Waals surface area contributed by atoms with Gasteiger partial charge in [-0.3, -0.25) is 9.59 Å². The highest BCUT2D eigenvalue weighted by atomic mass is 35.5. The zero-order valence-corrected chi connectivity index (χ0v) is 14.4. The maximum Gasteiger partial charge on any atom is 0.262 e. The van der Waals surface area contributed by atoms with Crippen molar-refractivity contribution in [2.45, 2.75) is 37.0 Å². The highest BCUT2D eigenvalue weighted by Gasteiger charge is 2.23. The Morgan fingerprint density at radius 2 is 1.87 bits per heavy atom. The molecule has 2 aliphatic heterocycles. The summed E-state index contributed by atoms with van der Waals surface area (Å²) in [6.45, 7) is 1.56. The number of halogens is 1. The zero-order valence-electron chi connectivity index (χ0n) is 12.8. The quantitative estimate of drug-likeness (QED) is 0.777. The molecule has 0 saturated carbocycles. The van der Waals surface area contributed by atoms with E-state index in [-0.39, 0.29) is 11.8 Å². The number of thioether (sulfide) groups is 1. The fourth-order valence-electron chi connectivity index (χ4n) is 2.80. The van der Waals surface area contributed by atoms with Crippen molar-refractivity contribution in [1.29, 1.82) is 0 Å². The lowest BCUT2D eigenvalue weighted by atomic mass is 10.1. The van der Waals surface area contributed by atoms with E-state index in [1.165, 1.54) is 37.1 Å². The van der Waals surface area contributed by atoms with Gasteiger partial charge in [-0.1, -0.05) is 42.6 Å². The van der Waals surface area contributed by atoms with Gasteiger partial charge in [0, 0.05) is 29.1 Å². The molecule has 3 rings (SSSR count). The van der Waals surface area contributed by atoms with Gasteiger partial charge in [0.15, 0.2) is 0 Å². The van der Waals surface area contributed by atoms with Gasteiger partial charge in [-0.25, -0.2) is 0 Å². The van der Waals surface area contributed by atoms with Gasteiger partial charge in [0.05, 0.1) is 10.6 Å². The summed E-state index contributed by atoms with van der Waals surface area (Å²) in [5.41, 5.74) is 0.698. The molecular formula is C17H19ClN2O2S. The Hall–Kier alpha value is -1.46. The minimum atomic E-state index is -0.245. The van der Waals surface area contributed by atoms with E-state index < -0.39 is 0 Å². The van der Waals surface area contributed by atoms with Crippen LogP contribution in [-0.2, 0) is 9.59 Å². The monoisotopic (exact) mass is 350 g/mol. The largest absolute Gasteiger partial charge is 0.339 e. The van der Waals surface area contributed by atoms with Gasteiger partial charge in [-0.15, -0.1) is 0 Å². The van der Waals surface area contributed by atoms with Crippen molar-refractivity contribution in [1.82, 2.24) is 4.90 Å². The van der Waals surface area contributed by atoms with E-state index in [2.05, 4.69) is 5.32 Å². The van der Waals surface area contributed by atoms with Crippen molar-refractivity contribution < 1.29 is 9.59 Å². The summed E-state index contributed by atoms with van der Waals surface area (Å²) in [4.78, 5) is 27.9. The molecule has 0 unspecified atom stereocenters. The number of likely N-dealkylation sites (tertiary alicyclic amines) is 1. The van der Waals surface area contributed by atoms with E-state index in [0.717, 1.165) is 30.8 Å². The first-order chi connectivity index (χ1) is 11.1. The average molecular weight is 351 g/mol. The van der Waals surface area contributed by atoms with Crippen LogP contribution in [0.4, 0.5) is 5.69 Å². The molecule has 1 N–H and O–H groups in total. The van der Waals surface area contributed by atoms with Crippen molar-refractivity contribution in [2.75, 3.05) is 18.4 Å². The van der Waals surface area contributed by atoms with Crippen LogP contribution in [0.25, 0.3) is 0 Å². The molecule has 1 aromatic rings. The Labute approximate surface area is 145 Å². The molecule has 23 heavy (non-hydrogen) atoms. The second kappa shape index (κ2) is 7.41. The molecule has 0 spiro atoms. The lowest BCUT2D eigenvalue weighted by Gasteiger charge is -2.24. The topological polar surface area (TPSA) is 49.4 Å². The fraction of sp³-hybridized carbons (Fsp3) is 0.412. The first-order valence-electron chi connectivity index (χ1n) is 7.93. The molecule has 0 radical (unpaired) electrons. The minimum absolute atomic E-state index is 0.0676. The Bertz CT molecular complexity index is 652. The van der Waals surface area contributed by atoms with Crippen LogP contribution < -0.4 is 5.32 Å². The van der Waals surface area contributed by atoms with Crippen LogP contribution in [0.3, 0.4) is 0 Å². The molecule has 2 aliphatic rings. The molecule has 6 heteroatoms. The highest BCUT2D eigenvalue weighted by Crippen LogP contribution is 2.39. The number of anilines is 1. The van der Waals surface area contributed by atoms with E-state index in [9.17, 15) is 9.59 Å². The van der Waals surface area contributed by atoms with Crippen molar-refractivity contribution >= 4 is 40.9 Å². The third kappa shape index (κ3) is 4.09. The molecule has 0 bridgehead atoms. The lowest BCUT2D eigenvalue weighted by Crippen LogP contribution is -2.33. The number of carbonyl (C=O) groups is 2. The summed E-state index contributed by atoms with van der Waals surface area (Å²) < 4.78 is 0. The predicted molar refractivity (Wildman–Crippen MR) is 93.7 cm³/mol. The van der Waals surface area contributed by atoms with Crippen LogP contribution in [0.15, 0.2) is 34.1 Å². The predicted octanol–water partition coefficient (Wildman–Crippen LogP) is 4.06. The number of nitrogens with one attached hydrogen (secondary N) is 1. The third-order valence-electron chi connectivity index (χ3n) is 4.06. The van der Waals surface area contributed by atoms with Crippen LogP contribution in [0.5, 0.6) is 0 Å². The van der Waals surface area contributed by atoms with Gasteiger partial charge in [0.25, 0.3) is 5.91 Å². The molecule has 4 nitrogen and oxygen atoms in total. The lowest BCUT2D eigenvalue weighted by molar-refractivity contribution is -0.126. The molecular weight excluding hydrogens is 332 g/mol. The smallest absolute Gasteiger partial charge is 0.262 e. The first-order valence-corrected chi connectivity index (χ1v) is 9.12. The fourth-order valence-corrected chi connectivity index (χ4v) is 3.87. The minimum Gasteiger partial charge on any atom is -0.339 e. The summed E-state index contributed by atoms with van der Waals surface area (Å²) in [7, 11) is 0. The molecule has 2 heterocycles. The second-order valence-electron chi connectivity index (χ2n) is 5.80. The number of rotatable bonds is 1. The van der Waals surface area contributed by atoms with Gasteiger partial charge in [0.1, 0.15) is 0 Å². The third-order valence-corrected chi connectivity index (χ3v) is 5.39. The van der Waals surface area contributed by atoms with Crippen LogP contribution >= 0.6 is 23.4 Å². The number of amides is 2. The zero-order chi connectivity index (χ0) is 16.2. The molecule has 1 aromatic carbocycles. The standard InChI is InChI=1S/C17H19ClN2O2S/c18-12-6-7-14-13(10-12)19-17(22)15(23-14)11-16(21)20-8-4-2-1-3-5-9-20/h6-7,10-11H,1-5,8-9H2,(H,19,22)/b15-11+. The van der Waals surface area contributed by atoms with E-state index in [4.69, 9.17) is 11.6 Å². The Morgan fingerprint density at radius 3 is 2.61 bits per heavy atom. The van der Waals surface area contributed by atoms with Crippen molar-refractivity contribution in [3.05, 3.63) is 34.2 Å². The van der Waals surface area contributed by atoms with E-state index in [0.29, 0.717) is 15.6 Å². The normalized spacial score (nSPS) is 20.5. The summed E-state index contributed by atoms with van der Waals surface area (Å²) in [5, 5.41) is 3.38.